The molecule has 0 radical (unpaired) electrons. The molecule has 0 atom stereocenters. The minimum absolute atomic E-state index is 0.166. The van der Waals surface area contributed by atoms with Gasteiger partial charge in [-0.2, -0.15) is 5.10 Å². The summed E-state index contributed by atoms with van der Waals surface area (Å²) < 4.78 is 21.9. The second-order valence-corrected chi connectivity index (χ2v) is 9.02. The maximum absolute atomic E-state index is 14.3. The highest BCUT2D eigenvalue weighted by Gasteiger charge is 2.18. The Morgan fingerprint density at radius 1 is 1.06 bits per heavy atom. The molecule has 0 saturated carbocycles. The Bertz CT molecular complexity index is 1380. The molecule has 0 bridgehead atoms. The quantitative estimate of drug-likeness (QED) is 0.309. The van der Waals surface area contributed by atoms with Gasteiger partial charge in [0.1, 0.15) is 18.2 Å². The number of aromatic nitrogens is 2. The fourth-order valence-electron chi connectivity index (χ4n) is 3.88. The van der Waals surface area contributed by atoms with Crippen LogP contribution in [0, 0.1) is 33.5 Å². The van der Waals surface area contributed by atoms with Crippen LogP contribution < -0.4 is 10.1 Å². The van der Waals surface area contributed by atoms with E-state index in [4.69, 9.17) is 16.3 Å². The lowest BCUT2D eigenvalue weighted by molar-refractivity contribution is 0.102. The van der Waals surface area contributed by atoms with Gasteiger partial charge < -0.3 is 10.1 Å². The molecule has 0 aliphatic heterocycles. The first kappa shape index (κ1) is 24.5. The van der Waals surface area contributed by atoms with Crippen LogP contribution in [0.2, 0.25) is 5.02 Å². The molecule has 0 unspecified atom stereocenters. The molecular formula is C28H27ClFN3O2. The van der Waals surface area contributed by atoms with E-state index in [1.54, 1.807) is 29.8 Å². The summed E-state index contributed by atoms with van der Waals surface area (Å²) in [6.07, 6.45) is 0. The average molecular weight is 492 g/mol. The summed E-state index contributed by atoms with van der Waals surface area (Å²) >= 11 is 6.18. The van der Waals surface area contributed by atoms with Gasteiger partial charge in [-0.1, -0.05) is 41.9 Å². The first-order chi connectivity index (χ1) is 16.7. The Kier molecular flexibility index (Phi) is 7.22. The third-order valence-electron chi connectivity index (χ3n) is 5.92. The molecule has 4 rings (SSSR count). The smallest absolute Gasteiger partial charge is 0.255 e. The van der Waals surface area contributed by atoms with Crippen LogP contribution in [-0.4, -0.2) is 15.7 Å². The fraction of sp³-hybridized carbons (Fsp3) is 0.214. The summed E-state index contributed by atoms with van der Waals surface area (Å²) in [7, 11) is 0. The van der Waals surface area contributed by atoms with E-state index in [9.17, 15) is 9.18 Å². The van der Waals surface area contributed by atoms with Crippen molar-refractivity contribution in [3.63, 3.8) is 0 Å². The van der Waals surface area contributed by atoms with Crippen LogP contribution >= 0.6 is 11.6 Å². The largest absolute Gasteiger partial charge is 0.489 e. The summed E-state index contributed by atoms with van der Waals surface area (Å²) in [6.45, 7) is 8.18. The number of carbonyl (C=O) groups excluding carboxylic acids is 1. The van der Waals surface area contributed by atoms with E-state index in [-0.39, 0.29) is 12.5 Å². The monoisotopic (exact) mass is 491 g/mol. The summed E-state index contributed by atoms with van der Waals surface area (Å²) in [4.78, 5) is 13.0. The van der Waals surface area contributed by atoms with Gasteiger partial charge in [0.05, 0.1) is 23.6 Å². The molecule has 0 fully saturated rings. The SMILES string of the molecule is Cc1ccc(C)c(OCc2cccc(C(=O)Nc3c(C)nn(Cc4c(F)cccc4Cl)c3C)c2)c1. The Hall–Kier alpha value is -3.64. The molecular weight excluding hydrogens is 465 g/mol. The summed E-state index contributed by atoms with van der Waals surface area (Å²) in [6, 6.07) is 18.0. The van der Waals surface area contributed by atoms with E-state index in [0.717, 1.165) is 22.4 Å². The highest BCUT2D eigenvalue weighted by molar-refractivity contribution is 6.31. The van der Waals surface area contributed by atoms with Gasteiger partial charge in [0, 0.05) is 16.1 Å². The lowest BCUT2D eigenvalue weighted by atomic mass is 10.1. The summed E-state index contributed by atoms with van der Waals surface area (Å²) in [5.41, 5.74) is 5.88. The molecule has 1 amide bonds. The van der Waals surface area contributed by atoms with E-state index in [0.29, 0.717) is 39.8 Å². The fourth-order valence-corrected chi connectivity index (χ4v) is 4.10. The lowest BCUT2D eigenvalue weighted by Gasteiger charge is -2.11. The number of halogens is 2. The van der Waals surface area contributed by atoms with E-state index in [1.165, 1.54) is 6.07 Å². The van der Waals surface area contributed by atoms with Crippen molar-refractivity contribution in [1.82, 2.24) is 9.78 Å². The van der Waals surface area contributed by atoms with Crippen molar-refractivity contribution in [3.8, 4) is 5.75 Å². The molecule has 3 aromatic carbocycles. The van der Waals surface area contributed by atoms with Crippen molar-refractivity contribution in [2.75, 3.05) is 5.32 Å². The molecule has 1 aromatic heterocycles. The predicted molar refractivity (Wildman–Crippen MR) is 137 cm³/mol. The zero-order valence-corrected chi connectivity index (χ0v) is 20.9. The molecule has 180 valence electrons. The van der Waals surface area contributed by atoms with Gasteiger partial charge >= 0.3 is 0 Å². The maximum Gasteiger partial charge on any atom is 0.255 e. The predicted octanol–water partition coefficient (Wildman–Crippen LogP) is 6.79. The molecule has 0 aliphatic carbocycles. The molecule has 5 nitrogen and oxygen atoms in total. The zero-order valence-electron chi connectivity index (χ0n) is 20.2. The number of aryl methyl sites for hydroxylation is 3. The molecule has 1 N–H and O–H groups in total. The number of ether oxygens (including phenoxy) is 1. The number of anilines is 1. The first-order valence-electron chi connectivity index (χ1n) is 11.3. The van der Waals surface area contributed by atoms with Crippen LogP contribution in [0.4, 0.5) is 10.1 Å². The van der Waals surface area contributed by atoms with Crippen LogP contribution in [0.5, 0.6) is 5.75 Å². The number of benzene rings is 3. The van der Waals surface area contributed by atoms with Gasteiger partial charge in [0.25, 0.3) is 5.91 Å². The van der Waals surface area contributed by atoms with Crippen molar-refractivity contribution >= 4 is 23.2 Å². The first-order valence-corrected chi connectivity index (χ1v) is 11.7. The summed E-state index contributed by atoms with van der Waals surface area (Å²) in [5.74, 6) is 0.178. The van der Waals surface area contributed by atoms with Crippen molar-refractivity contribution in [2.45, 2.75) is 40.8 Å². The second kappa shape index (κ2) is 10.3. The number of hydrogen-bond donors (Lipinski definition) is 1. The van der Waals surface area contributed by atoms with Gasteiger partial charge in [-0.25, -0.2) is 4.39 Å². The van der Waals surface area contributed by atoms with Crippen molar-refractivity contribution in [3.05, 3.63) is 111 Å². The Morgan fingerprint density at radius 2 is 1.83 bits per heavy atom. The molecule has 0 saturated heterocycles. The van der Waals surface area contributed by atoms with E-state index in [1.807, 2.05) is 57.2 Å². The van der Waals surface area contributed by atoms with Crippen LogP contribution in [0.3, 0.4) is 0 Å². The summed E-state index contributed by atoms with van der Waals surface area (Å²) in [5, 5.41) is 7.78. The van der Waals surface area contributed by atoms with Crippen molar-refractivity contribution in [2.24, 2.45) is 0 Å². The molecule has 0 spiro atoms. The standard InChI is InChI=1S/C28H27ClFN3O2/c1-17-11-12-18(2)26(13-17)35-16-21-7-5-8-22(14-21)28(34)31-27-19(3)32-33(20(27)4)15-23-24(29)9-6-10-25(23)30/h5-14H,15-16H2,1-4H3,(H,31,34). The molecule has 4 aromatic rings. The van der Waals surface area contributed by atoms with Gasteiger partial charge in [-0.3, -0.25) is 9.48 Å². The van der Waals surface area contributed by atoms with Crippen LogP contribution in [0.25, 0.3) is 0 Å². The lowest BCUT2D eigenvalue weighted by Crippen LogP contribution is -2.14. The van der Waals surface area contributed by atoms with Crippen molar-refractivity contribution < 1.29 is 13.9 Å². The Balaban J connectivity index is 1.49. The number of carbonyl (C=O) groups is 1. The van der Waals surface area contributed by atoms with Crippen LogP contribution in [0.1, 0.15) is 44.0 Å². The maximum atomic E-state index is 14.3. The number of nitrogens with zero attached hydrogens (tertiary/aromatic N) is 2. The minimum atomic E-state index is -0.393. The normalized spacial score (nSPS) is 10.9. The zero-order chi connectivity index (χ0) is 25.1. The Labute approximate surface area is 209 Å². The van der Waals surface area contributed by atoms with E-state index < -0.39 is 5.82 Å². The third-order valence-corrected chi connectivity index (χ3v) is 6.27. The Morgan fingerprint density at radius 3 is 2.60 bits per heavy atom. The van der Waals surface area contributed by atoms with Crippen LogP contribution in [-0.2, 0) is 13.2 Å². The van der Waals surface area contributed by atoms with E-state index >= 15 is 0 Å². The van der Waals surface area contributed by atoms with Gasteiger partial charge in [-0.05, 0) is 74.7 Å². The average Bonchev–Trinajstić information content (AvgIpc) is 3.09. The number of amides is 1. The second-order valence-electron chi connectivity index (χ2n) is 8.62. The molecule has 0 aliphatic rings. The third kappa shape index (κ3) is 5.54. The number of rotatable bonds is 7. The number of nitrogens with one attached hydrogen (secondary N) is 1. The van der Waals surface area contributed by atoms with Gasteiger partial charge in [0.15, 0.2) is 0 Å². The van der Waals surface area contributed by atoms with E-state index in [2.05, 4.69) is 10.4 Å². The van der Waals surface area contributed by atoms with Gasteiger partial charge in [-0.15, -0.1) is 0 Å². The van der Waals surface area contributed by atoms with Crippen molar-refractivity contribution in [1.29, 1.82) is 0 Å². The molecule has 35 heavy (non-hydrogen) atoms. The topological polar surface area (TPSA) is 56.1 Å². The van der Waals surface area contributed by atoms with Crippen LogP contribution in [0.15, 0.2) is 60.7 Å². The highest BCUT2D eigenvalue weighted by Crippen LogP contribution is 2.25. The molecule has 1 heterocycles. The highest BCUT2D eigenvalue weighted by atomic mass is 35.5. The molecule has 7 heteroatoms. The number of hydrogen-bond acceptors (Lipinski definition) is 3. The minimum Gasteiger partial charge on any atom is -0.489 e. The van der Waals surface area contributed by atoms with Gasteiger partial charge in [0.2, 0.25) is 0 Å².